The number of aromatic amines is 1. The van der Waals surface area contributed by atoms with E-state index in [1.165, 1.54) is 12.1 Å². The Morgan fingerprint density at radius 2 is 1.63 bits per heavy atom. The van der Waals surface area contributed by atoms with Gasteiger partial charge in [-0.3, -0.25) is 14.2 Å². The number of unbranched alkanes of at least 4 members (excludes halogenated alkanes) is 2. The number of alkyl halides is 3. The third-order valence-corrected chi connectivity index (χ3v) is 6.68. The van der Waals surface area contributed by atoms with Crippen molar-refractivity contribution in [3.05, 3.63) is 69.2 Å². The lowest BCUT2D eigenvalue weighted by Crippen LogP contribution is -2.48. The molecule has 0 saturated carbocycles. The summed E-state index contributed by atoms with van der Waals surface area (Å²) in [5, 5.41) is 0.603. The van der Waals surface area contributed by atoms with Gasteiger partial charge in [0.1, 0.15) is 0 Å². The quantitative estimate of drug-likeness (QED) is 0.364. The van der Waals surface area contributed by atoms with Crippen LogP contribution in [0.15, 0.2) is 53.3 Å². The van der Waals surface area contributed by atoms with Crippen LogP contribution in [0.25, 0.3) is 10.9 Å². The van der Waals surface area contributed by atoms with E-state index in [1.807, 2.05) is 28.0 Å². The van der Waals surface area contributed by atoms with Gasteiger partial charge in [-0.15, -0.1) is 0 Å². The number of amides is 1. The molecule has 35 heavy (non-hydrogen) atoms. The molecule has 1 aliphatic heterocycles. The van der Waals surface area contributed by atoms with Crippen LogP contribution in [0.1, 0.15) is 31.2 Å². The molecule has 0 unspecified atom stereocenters. The van der Waals surface area contributed by atoms with Gasteiger partial charge >= 0.3 is 6.18 Å². The Morgan fingerprint density at radius 1 is 0.943 bits per heavy atom. The van der Waals surface area contributed by atoms with Crippen LogP contribution in [0.3, 0.4) is 0 Å². The number of halogens is 3. The van der Waals surface area contributed by atoms with Crippen molar-refractivity contribution in [3.8, 4) is 0 Å². The molecule has 0 spiro atoms. The summed E-state index contributed by atoms with van der Waals surface area (Å²) in [6.07, 6.45) is -1.66. The summed E-state index contributed by atoms with van der Waals surface area (Å²) in [5.74, 6) is 0.0808. The maximum Gasteiger partial charge on any atom is 0.416 e. The highest BCUT2D eigenvalue weighted by atomic mass is 32.1. The minimum Gasteiger partial charge on any atom is -0.368 e. The Balaban J connectivity index is 1.20. The van der Waals surface area contributed by atoms with Gasteiger partial charge in [-0.05, 0) is 61.5 Å². The Morgan fingerprint density at radius 3 is 2.31 bits per heavy atom. The molecule has 0 bridgehead atoms. The molecular weight excluding hydrogens is 477 g/mol. The van der Waals surface area contributed by atoms with Crippen molar-refractivity contribution in [1.29, 1.82) is 0 Å². The molecule has 3 aromatic rings. The van der Waals surface area contributed by atoms with Gasteiger partial charge in [0.2, 0.25) is 5.91 Å². The van der Waals surface area contributed by atoms with Crippen molar-refractivity contribution in [2.24, 2.45) is 0 Å². The SMILES string of the molecule is O=C(CCCCCn1c(=S)[nH]c2ccccc2c1=O)N1CCN(c2ccc(C(F)(F)F)cc2)CC1. The summed E-state index contributed by atoms with van der Waals surface area (Å²) in [7, 11) is 0. The number of nitrogens with one attached hydrogen (secondary N) is 1. The zero-order valence-corrected chi connectivity index (χ0v) is 20.0. The highest BCUT2D eigenvalue weighted by molar-refractivity contribution is 7.71. The fourth-order valence-electron chi connectivity index (χ4n) is 4.36. The van der Waals surface area contributed by atoms with Crippen LogP contribution >= 0.6 is 12.2 Å². The fraction of sp³-hybridized carbons (Fsp3) is 0.400. The molecule has 2 heterocycles. The topological polar surface area (TPSA) is 61.3 Å². The first-order valence-electron chi connectivity index (χ1n) is 11.7. The molecule has 1 aromatic heterocycles. The minimum absolute atomic E-state index is 0.0808. The maximum atomic E-state index is 12.8. The summed E-state index contributed by atoms with van der Waals surface area (Å²) < 4.78 is 40.2. The van der Waals surface area contributed by atoms with Gasteiger partial charge in [0.05, 0.1) is 16.5 Å². The number of para-hydroxylation sites is 1. The highest BCUT2D eigenvalue weighted by Crippen LogP contribution is 2.30. The molecule has 0 aliphatic carbocycles. The zero-order valence-electron chi connectivity index (χ0n) is 19.2. The molecule has 6 nitrogen and oxygen atoms in total. The molecule has 1 aliphatic rings. The monoisotopic (exact) mass is 504 g/mol. The molecule has 10 heteroatoms. The van der Waals surface area contributed by atoms with E-state index in [4.69, 9.17) is 12.2 Å². The van der Waals surface area contributed by atoms with Crippen LogP contribution < -0.4 is 10.5 Å². The summed E-state index contributed by atoms with van der Waals surface area (Å²) >= 11 is 5.33. The van der Waals surface area contributed by atoms with Crippen molar-refractivity contribution < 1.29 is 18.0 Å². The Labute approximate surface area is 206 Å². The van der Waals surface area contributed by atoms with Gasteiger partial charge in [0.25, 0.3) is 5.56 Å². The average Bonchev–Trinajstić information content (AvgIpc) is 2.85. The molecule has 4 rings (SSSR count). The molecule has 1 amide bonds. The number of fused-ring (bicyclic) bond motifs is 1. The zero-order chi connectivity index (χ0) is 25.0. The van der Waals surface area contributed by atoms with E-state index in [1.54, 1.807) is 10.6 Å². The normalized spacial score (nSPS) is 14.5. The van der Waals surface area contributed by atoms with Crippen LogP contribution in [-0.4, -0.2) is 46.5 Å². The first-order valence-corrected chi connectivity index (χ1v) is 12.1. The van der Waals surface area contributed by atoms with Crippen molar-refractivity contribution >= 4 is 34.7 Å². The third kappa shape index (κ3) is 5.93. The lowest BCUT2D eigenvalue weighted by Gasteiger charge is -2.36. The van der Waals surface area contributed by atoms with Crippen LogP contribution in [0.2, 0.25) is 0 Å². The highest BCUT2D eigenvalue weighted by Gasteiger charge is 2.30. The number of hydrogen-bond donors (Lipinski definition) is 1. The number of hydrogen-bond acceptors (Lipinski definition) is 4. The van der Waals surface area contributed by atoms with Crippen molar-refractivity contribution in [2.75, 3.05) is 31.1 Å². The van der Waals surface area contributed by atoms with E-state index in [2.05, 4.69) is 4.98 Å². The number of aromatic nitrogens is 2. The molecule has 1 saturated heterocycles. The standard InChI is InChI=1S/C25H27F3N4O2S/c26-25(27,28)18-9-11-19(12-10-18)30-14-16-31(17-15-30)22(33)8-2-1-5-13-32-23(34)20-6-3-4-7-21(20)29-24(32)35/h3-4,6-7,9-12H,1-2,5,8,13-17H2,(H,29,35). The smallest absolute Gasteiger partial charge is 0.368 e. The summed E-state index contributed by atoms with van der Waals surface area (Å²) in [6.45, 7) is 2.75. The summed E-state index contributed by atoms with van der Waals surface area (Å²) in [4.78, 5) is 32.2. The molecule has 1 N–H and O–H groups in total. The first kappa shape index (κ1) is 25.0. The van der Waals surface area contributed by atoms with Gasteiger partial charge < -0.3 is 14.8 Å². The van der Waals surface area contributed by atoms with E-state index in [0.717, 1.165) is 42.6 Å². The molecule has 186 valence electrons. The number of anilines is 1. The maximum absolute atomic E-state index is 12.8. The van der Waals surface area contributed by atoms with Crippen LogP contribution in [0.5, 0.6) is 0 Å². The van der Waals surface area contributed by atoms with Gasteiger partial charge in [-0.1, -0.05) is 18.6 Å². The second-order valence-electron chi connectivity index (χ2n) is 8.66. The second-order valence-corrected chi connectivity index (χ2v) is 9.04. The van der Waals surface area contributed by atoms with E-state index in [-0.39, 0.29) is 11.5 Å². The first-order chi connectivity index (χ1) is 16.7. The van der Waals surface area contributed by atoms with Crippen molar-refractivity contribution in [2.45, 2.75) is 38.4 Å². The van der Waals surface area contributed by atoms with Gasteiger partial charge in [0.15, 0.2) is 4.77 Å². The predicted molar refractivity (Wildman–Crippen MR) is 132 cm³/mol. The largest absolute Gasteiger partial charge is 0.416 e. The van der Waals surface area contributed by atoms with E-state index in [0.29, 0.717) is 49.3 Å². The lowest BCUT2D eigenvalue weighted by atomic mass is 10.1. The van der Waals surface area contributed by atoms with Gasteiger partial charge in [-0.2, -0.15) is 13.2 Å². The number of H-pyrrole nitrogens is 1. The van der Waals surface area contributed by atoms with E-state index >= 15 is 0 Å². The number of carbonyl (C=O) groups is 1. The summed E-state index contributed by atoms with van der Waals surface area (Å²) in [5.41, 5.74) is 0.684. The summed E-state index contributed by atoms with van der Waals surface area (Å²) in [6, 6.07) is 12.4. The van der Waals surface area contributed by atoms with Crippen molar-refractivity contribution in [3.63, 3.8) is 0 Å². The van der Waals surface area contributed by atoms with Crippen LogP contribution in [0, 0.1) is 4.77 Å². The Bertz CT molecular complexity index is 1290. The molecule has 2 aromatic carbocycles. The number of benzene rings is 2. The van der Waals surface area contributed by atoms with Crippen LogP contribution in [0.4, 0.5) is 18.9 Å². The van der Waals surface area contributed by atoms with E-state index in [9.17, 15) is 22.8 Å². The molecule has 0 radical (unpaired) electrons. The Kier molecular flexibility index (Phi) is 7.59. The number of carbonyl (C=O) groups excluding carboxylic acids is 1. The number of nitrogens with zero attached hydrogens (tertiary/aromatic N) is 3. The van der Waals surface area contributed by atoms with Gasteiger partial charge in [-0.25, -0.2) is 0 Å². The predicted octanol–water partition coefficient (Wildman–Crippen LogP) is 4.99. The second kappa shape index (κ2) is 10.6. The third-order valence-electron chi connectivity index (χ3n) is 6.35. The molecule has 1 fully saturated rings. The lowest BCUT2D eigenvalue weighted by molar-refractivity contribution is -0.137. The van der Waals surface area contributed by atoms with Crippen LogP contribution in [-0.2, 0) is 17.5 Å². The number of rotatable bonds is 7. The number of piperazine rings is 1. The molecular formula is C25H27F3N4O2S. The Hall–Kier alpha value is -3.14. The average molecular weight is 505 g/mol. The molecule has 0 atom stereocenters. The fourth-order valence-corrected chi connectivity index (χ4v) is 4.64. The van der Waals surface area contributed by atoms with E-state index < -0.39 is 11.7 Å². The minimum atomic E-state index is -4.35. The van der Waals surface area contributed by atoms with Crippen molar-refractivity contribution in [1.82, 2.24) is 14.5 Å². The van der Waals surface area contributed by atoms with Gasteiger partial charge in [0, 0.05) is 44.8 Å².